The molecule has 2 aromatic rings. The van der Waals surface area contributed by atoms with Crippen LogP contribution in [0.1, 0.15) is 52.5 Å². The highest BCUT2D eigenvalue weighted by molar-refractivity contribution is 6.39. The highest BCUT2D eigenvalue weighted by Gasteiger charge is 2.46. The molecule has 1 aromatic carbocycles. The van der Waals surface area contributed by atoms with Gasteiger partial charge < -0.3 is 24.9 Å². The third-order valence-electron chi connectivity index (χ3n) is 7.98. The zero-order valence-corrected chi connectivity index (χ0v) is 23.9. The van der Waals surface area contributed by atoms with Gasteiger partial charge in [-0.15, -0.1) is 0 Å². The summed E-state index contributed by atoms with van der Waals surface area (Å²) in [6.45, 7) is 11.5. The van der Waals surface area contributed by atoms with Gasteiger partial charge in [-0.05, 0) is 42.2 Å². The Balaban J connectivity index is 1.12. The lowest BCUT2D eigenvalue weighted by Crippen LogP contribution is -2.56. The molecule has 9 nitrogen and oxygen atoms in total. The summed E-state index contributed by atoms with van der Waals surface area (Å²) in [7, 11) is 0. The van der Waals surface area contributed by atoms with E-state index >= 15 is 0 Å². The van der Waals surface area contributed by atoms with Gasteiger partial charge in [-0.25, -0.2) is 9.78 Å². The molecule has 0 saturated carbocycles. The van der Waals surface area contributed by atoms with Gasteiger partial charge in [0.15, 0.2) is 0 Å². The Hall–Kier alpha value is -3.33. The van der Waals surface area contributed by atoms with Gasteiger partial charge in [0, 0.05) is 69.9 Å². The van der Waals surface area contributed by atoms with Crippen LogP contribution in [0.5, 0.6) is 0 Å². The molecule has 1 N–H and O–H groups in total. The molecule has 1 aromatic heterocycles. The number of likely N-dealkylation sites (tertiary alicyclic amines) is 1. The Bertz CT molecular complexity index is 1250. The number of anilines is 2. The number of carbonyl (C=O) groups is 2. The Labute approximate surface area is 235 Å². The smallest absolute Gasteiger partial charge is 0.321 e. The molecular weight excluding hydrogens is 516 g/mol. The minimum absolute atomic E-state index is 0.0217. The Morgan fingerprint density at radius 3 is 2.44 bits per heavy atom. The quantitative estimate of drug-likeness (QED) is 0.584. The number of benzene rings is 1. The lowest BCUT2D eigenvalue weighted by molar-refractivity contribution is -0.126. The molecule has 3 amide bonds. The first kappa shape index (κ1) is 27.2. The van der Waals surface area contributed by atoms with E-state index in [0.717, 1.165) is 11.5 Å². The third-order valence-corrected chi connectivity index (χ3v) is 8.27. The Morgan fingerprint density at radius 2 is 1.79 bits per heavy atom. The number of carbonyl (C=O) groups excluding carboxylic acids is 2. The first-order valence-corrected chi connectivity index (χ1v) is 14.0. The van der Waals surface area contributed by atoms with Crippen LogP contribution in [0.2, 0.25) is 5.02 Å². The van der Waals surface area contributed by atoms with E-state index in [0.29, 0.717) is 62.7 Å². The van der Waals surface area contributed by atoms with E-state index in [4.69, 9.17) is 16.4 Å². The molecule has 10 heteroatoms. The molecule has 4 heterocycles. The maximum absolute atomic E-state index is 13.4. The van der Waals surface area contributed by atoms with E-state index in [1.807, 2.05) is 36.1 Å². The molecule has 3 aliphatic rings. The number of amides is 3. The van der Waals surface area contributed by atoms with Crippen molar-refractivity contribution in [3.63, 3.8) is 0 Å². The van der Waals surface area contributed by atoms with Gasteiger partial charge in [0.25, 0.3) is 5.91 Å². The monoisotopic (exact) mass is 552 g/mol. The second kappa shape index (κ2) is 10.7. The van der Waals surface area contributed by atoms with Crippen LogP contribution >= 0.6 is 11.6 Å². The van der Waals surface area contributed by atoms with Gasteiger partial charge >= 0.3 is 6.03 Å². The second-order valence-electron chi connectivity index (χ2n) is 11.8. The summed E-state index contributed by atoms with van der Waals surface area (Å²) in [5, 5.41) is 7.85. The van der Waals surface area contributed by atoms with Crippen LogP contribution in [0.3, 0.4) is 0 Å². The van der Waals surface area contributed by atoms with Crippen LogP contribution in [0.25, 0.3) is 0 Å². The normalized spacial score (nSPS) is 21.0. The molecular formula is C29H37ClN6O3. The van der Waals surface area contributed by atoms with E-state index < -0.39 is 5.60 Å². The summed E-state index contributed by atoms with van der Waals surface area (Å²) in [4.78, 5) is 42.3. The molecule has 0 bridgehead atoms. The molecule has 2 saturated heterocycles. The number of rotatable bonds is 3. The van der Waals surface area contributed by atoms with Crippen molar-refractivity contribution in [3.8, 4) is 0 Å². The number of hydrogen-bond donors (Lipinski definition) is 1. The summed E-state index contributed by atoms with van der Waals surface area (Å²) in [5.74, 6) is 0.668. The molecule has 1 atom stereocenters. The molecule has 1 unspecified atom stereocenters. The first-order chi connectivity index (χ1) is 18.5. The molecule has 208 valence electrons. The fraction of sp³-hybridized carbons (Fsp3) is 0.517. The molecule has 3 aliphatic heterocycles. The molecule has 5 rings (SSSR count). The predicted molar refractivity (Wildman–Crippen MR) is 153 cm³/mol. The van der Waals surface area contributed by atoms with Gasteiger partial charge in [0.1, 0.15) is 17.1 Å². The van der Waals surface area contributed by atoms with Crippen molar-refractivity contribution in [1.82, 2.24) is 14.8 Å². The number of oxime groups is 1. The van der Waals surface area contributed by atoms with Crippen molar-refractivity contribution in [1.29, 1.82) is 0 Å². The molecule has 0 aliphatic carbocycles. The highest BCUT2D eigenvalue weighted by atomic mass is 35.5. The number of hydrogen-bond acceptors (Lipinski definition) is 6. The second-order valence-corrected chi connectivity index (χ2v) is 12.2. The zero-order valence-electron chi connectivity index (χ0n) is 23.1. The van der Waals surface area contributed by atoms with Crippen LogP contribution in [0, 0.1) is 0 Å². The van der Waals surface area contributed by atoms with Crippen LogP contribution in [-0.4, -0.2) is 76.8 Å². The van der Waals surface area contributed by atoms with Crippen molar-refractivity contribution in [2.45, 2.75) is 64.0 Å². The third kappa shape index (κ3) is 5.83. The number of piperazine rings is 1. The van der Waals surface area contributed by atoms with E-state index in [9.17, 15) is 9.59 Å². The van der Waals surface area contributed by atoms with Crippen LogP contribution in [-0.2, 0) is 15.0 Å². The summed E-state index contributed by atoms with van der Waals surface area (Å²) in [5.41, 5.74) is 2.00. The van der Waals surface area contributed by atoms with Crippen molar-refractivity contribution < 1.29 is 14.4 Å². The van der Waals surface area contributed by atoms with E-state index in [2.05, 4.69) is 53.3 Å². The highest BCUT2D eigenvalue weighted by Crippen LogP contribution is 2.36. The van der Waals surface area contributed by atoms with Gasteiger partial charge in [-0.3, -0.25) is 4.79 Å². The summed E-state index contributed by atoms with van der Waals surface area (Å²) in [6, 6.07) is 11.5. The fourth-order valence-corrected chi connectivity index (χ4v) is 5.75. The summed E-state index contributed by atoms with van der Waals surface area (Å²) < 4.78 is 0. The topological polar surface area (TPSA) is 90.4 Å². The Morgan fingerprint density at radius 1 is 1.08 bits per heavy atom. The van der Waals surface area contributed by atoms with Crippen molar-refractivity contribution in [2.24, 2.45) is 5.16 Å². The maximum Gasteiger partial charge on any atom is 0.321 e. The van der Waals surface area contributed by atoms with E-state index in [-0.39, 0.29) is 23.4 Å². The number of nitrogens with zero attached hydrogens (tertiary/aromatic N) is 5. The van der Waals surface area contributed by atoms with Crippen LogP contribution in [0.4, 0.5) is 16.3 Å². The van der Waals surface area contributed by atoms with Crippen LogP contribution < -0.4 is 10.2 Å². The number of piperidine rings is 1. The molecule has 0 radical (unpaired) electrons. The summed E-state index contributed by atoms with van der Waals surface area (Å²) in [6.07, 6.45) is 3.46. The van der Waals surface area contributed by atoms with Crippen molar-refractivity contribution in [3.05, 3.63) is 53.2 Å². The van der Waals surface area contributed by atoms with E-state index in [1.165, 1.54) is 5.56 Å². The lowest BCUT2D eigenvalue weighted by atomic mass is 9.86. The average Bonchev–Trinajstić information content (AvgIpc) is 3.32. The average molecular weight is 553 g/mol. The number of pyridine rings is 1. The van der Waals surface area contributed by atoms with Crippen LogP contribution in [0.15, 0.2) is 47.8 Å². The van der Waals surface area contributed by atoms with Gasteiger partial charge in [-0.1, -0.05) is 49.7 Å². The van der Waals surface area contributed by atoms with Gasteiger partial charge in [-0.2, -0.15) is 0 Å². The standard InChI is InChI=1S/C29H37ClN6O3/c1-20-19-35(25-23(30)6-5-13-31-25)16-17-36(20)26(37)24-18-29(39-33-24)11-14-34(15-12-29)27(38)32-22-9-7-21(8-10-22)28(2,3)4/h5-10,13,20H,11-12,14-19H2,1-4H3,(H,32,38). The minimum atomic E-state index is -0.525. The zero-order chi connectivity index (χ0) is 27.8. The fourth-order valence-electron chi connectivity index (χ4n) is 5.51. The maximum atomic E-state index is 13.4. The molecule has 2 fully saturated rings. The number of nitrogens with one attached hydrogen (secondary N) is 1. The molecule has 1 spiro atoms. The number of aromatic nitrogens is 1. The summed E-state index contributed by atoms with van der Waals surface area (Å²) >= 11 is 6.33. The first-order valence-electron chi connectivity index (χ1n) is 13.6. The van der Waals surface area contributed by atoms with Gasteiger partial charge in [0.2, 0.25) is 0 Å². The van der Waals surface area contributed by atoms with Crippen molar-refractivity contribution in [2.75, 3.05) is 42.9 Å². The molecule has 39 heavy (non-hydrogen) atoms. The van der Waals surface area contributed by atoms with E-state index in [1.54, 1.807) is 11.1 Å². The predicted octanol–water partition coefficient (Wildman–Crippen LogP) is 4.91. The Kier molecular flexibility index (Phi) is 7.46. The number of urea groups is 1. The largest absolute Gasteiger partial charge is 0.388 e. The van der Waals surface area contributed by atoms with Crippen molar-refractivity contribution >= 4 is 40.8 Å². The lowest BCUT2D eigenvalue weighted by Gasteiger charge is -2.40. The SMILES string of the molecule is CC1CN(c2ncccc2Cl)CCN1C(=O)C1=NOC2(CCN(C(=O)Nc3ccc(C(C)(C)C)cc3)CC2)C1. The van der Waals surface area contributed by atoms with Gasteiger partial charge in [0.05, 0.1) is 5.02 Å². The minimum Gasteiger partial charge on any atom is -0.388 e. The number of halogens is 1.